The number of hydrogen-bond acceptors (Lipinski definition) is 9. The Morgan fingerprint density at radius 2 is 1.60 bits per heavy atom. The first kappa shape index (κ1) is 39.4. The monoisotopic (exact) mass is 790 g/mol. The summed E-state index contributed by atoms with van der Waals surface area (Å²) in [4.78, 5) is 39.5. The van der Waals surface area contributed by atoms with E-state index >= 15 is 0 Å². The lowest BCUT2D eigenvalue weighted by Crippen LogP contribution is -2.53. The van der Waals surface area contributed by atoms with Crippen LogP contribution in [0.4, 0.5) is 18.9 Å². The van der Waals surface area contributed by atoms with Crippen LogP contribution in [0.1, 0.15) is 45.0 Å². The molecule has 2 heterocycles. The molecular formula is C44H37F3N4O7. The third-order valence-corrected chi connectivity index (χ3v) is 10.0. The van der Waals surface area contributed by atoms with Crippen LogP contribution < -0.4 is 30.2 Å². The van der Waals surface area contributed by atoms with E-state index in [0.717, 1.165) is 33.9 Å². The summed E-state index contributed by atoms with van der Waals surface area (Å²) < 4.78 is 62.0. The van der Waals surface area contributed by atoms with Gasteiger partial charge in [0, 0.05) is 18.5 Å². The molecule has 0 fully saturated rings. The second-order valence-electron chi connectivity index (χ2n) is 13.8. The van der Waals surface area contributed by atoms with E-state index in [2.05, 4.69) is 22.0 Å². The smallest absolute Gasteiger partial charge is 0.419 e. The van der Waals surface area contributed by atoms with Crippen molar-refractivity contribution in [3.8, 4) is 34.4 Å². The van der Waals surface area contributed by atoms with E-state index in [4.69, 9.17) is 24.2 Å². The molecule has 7 rings (SSSR count). The van der Waals surface area contributed by atoms with Crippen molar-refractivity contribution >= 4 is 23.5 Å². The molecule has 2 amide bonds. The zero-order chi connectivity index (χ0) is 41.0. The summed E-state index contributed by atoms with van der Waals surface area (Å²) in [7, 11) is 2.44. The maximum atomic E-state index is 13.5. The van der Waals surface area contributed by atoms with Crippen molar-refractivity contribution in [3.05, 3.63) is 142 Å². The second kappa shape index (κ2) is 16.7. The normalized spacial score (nSPS) is 16.3. The molecule has 5 aromatic carbocycles. The van der Waals surface area contributed by atoms with Crippen molar-refractivity contribution in [1.82, 2.24) is 10.6 Å². The molecule has 0 aromatic heterocycles. The van der Waals surface area contributed by atoms with Crippen LogP contribution >= 0.6 is 0 Å². The molecule has 3 atom stereocenters. The predicted octanol–water partition coefficient (Wildman–Crippen LogP) is 6.82. The lowest BCUT2D eigenvalue weighted by Gasteiger charge is -2.31. The number of alkyl halides is 3. The molecule has 296 valence electrons. The zero-order valence-corrected chi connectivity index (χ0v) is 31.3. The molecule has 0 aliphatic carbocycles. The minimum absolute atomic E-state index is 0.120. The van der Waals surface area contributed by atoms with Gasteiger partial charge >= 0.3 is 12.1 Å². The number of hydrogen-bond donors (Lipinski definition) is 3. The van der Waals surface area contributed by atoms with E-state index in [1.807, 2.05) is 42.5 Å². The van der Waals surface area contributed by atoms with Crippen LogP contribution in [-0.4, -0.2) is 44.1 Å². The zero-order valence-electron chi connectivity index (χ0n) is 31.3. The Morgan fingerprint density at radius 3 is 2.26 bits per heavy atom. The number of amides is 2. The van der Waals surface area contributed by atoms with Gasteiger partial charge in [-0.2, -0.15) is 18.4 Å². The first-order chi connectivity index (χ1) is 27.9. The van der Waals surface area contributed by atoms with Gasteiger partial charge in [-0.1, -0.05) is 54.6 Å². The van der Waals surface area contributed by atoms with Crippen LogP contribution in [0.25, 0.3) is 11.1 Å². The van der Waals surface area contributed by atoms with Gasteiger partial charge in [0.15, 0.2) is 0 Å². The fourth-order valence-electron chi connectivity index (χ4n) is 6.91. The summed E-state index contributed by atoms with van der Waals surface area (Å²) >= 11 is 0. The van der Waals surface area contributed by atoms with E-state index in [-0.39, 0.29) is 31.1 Å². The minimum atomic E-state index is -4.58. The largest absolute Gasteiger partial charge is 0.496 e. The number of anilines is 1. The number of esters is 1. The number of halogens is 3. The first-order valence-corrected chi connectivity index (χ1v) is 18.2. The fourth-order valence-corrected chi connectivity index (χ4v) is 6.91. The Bertz CT molecular complexity index is 2380. The molecule has 2 aliphatic rings. The molecule has 0 radical (unpaired) electrons. The average Bonchev–Trinajstić information content (AvgIpc) is 3.24. The standard InChI is InChI=1S/C44H37F3N4O7/c1-55-38-16-7-27(17-34(38)44(45,46)47)24-57-33-14-12-30(13-15-33)40-42(53)50-35-19-31-20-36(49-23-32(31)21-39(35)58-40)41(52)51-37(43(54)56-2)18-25-3-8-28(9-4-25)29-10-5-26(22-48)6-11-29/h3-17,19,21,36-37,40,49H,18,20,23-24H2,1-2H3,(H,50,53)(H,51,52)/t36?,37?,40-/m0/s1. The van der Waals surface area contributed by atoms with Gasteiger partial charge in [0.25, 0.3) is 5.91 Å². The van der Waals surface area contributed by atoms with Crippen molar-refractivity contribution in [2.75, 3.05) is 19.5 Å². The molecule has 0 spiro atoms. The lowest BCUT2D eigenvalue weighted by atomic mass is 9.93. The average molecular weight is 791 g/mol. The highest BCUT2D eigenvalue weighted by Gasteiger charge is 2.35. The van der Waals surface area contributed by atoms with Crippen LogP contribution in [-0.2, 0) is 51.3 Å². The first-order valence-electron chi connectivity index (χ1n) is 18.2. The molecule has 3 N–H and O–H groups in total. The van der Waals surface area contributed by atoms with Crippen LogP contribution in [0.2, 0.25) is 0 Å². The number of carbonyl (C=O) groups excluding carboxylic acids is 3. The van der Waals surface area contributed by atoms with Gasteiger partial charge in [0.1, 0.15) is 29.9 Å². The van der Waals surface area contributed by atoms with Gasteiger partial charge in [0.05, 0.1) is 43.1 Å². The number of benzene rings is 5. The number of fused-ring (bicyclic) bond motifs is 2. The number of methoxy groups -OCH3 is 2. The highest BCUT2D eigenvalue weighted by atomic mass is 19.4. The summed E-state index contributed by atoms with van der Waals surface area (Å²) in [6.07, 6.45) is -5.07. The van der Waals surface area contributed by atoms with Crippen LogP contribution in [0.3, 0.4) is 0 Å². The SMILES string of the molecule is COC(=O)C(Cc1ccc(-c2ccc(C#N)cc2)cc1)NC(=O)C1Cc2cc3c(cc2CN1)O[C@@H](c1ccc(OCc2ccc(OC)c(C(F)(F)F)c2)cc1)C(=O)N3. The Kier molecular flexibility index (Phi) is 11.3. The molecule has 2 unspecified atom stereocenters. The van der Waals surface area contributed by atoms with Crippen molar-refractivity contribution < 1.29 is 46.5 Å². The summed E-state index contributed by atoms with van der Waals surface area (Å²) in [5.74, 6) is -0.813. The minimum Gasteiger partial charge on any atom is -0.496 e. The summed E-state index contributed by atoms with van der Waals surface area (Å²) in [6.45, 7) is 0.206. The van der Waals surface area contributed by atoms with Crippen molar-refractivity contribution in [2.24, 2.45) is 0 Å². The van der Waals surface area contributed by atoms with Crippen LogP contribution in [0.15, 0.2) is 103 Å². The number of carbonyl (C=O) groups is 3. The Hall–Kier alpha value is -6.85. The highest BCUT2D eigenvalue weighted by molar-refractivity contribution is 5.98. The number of nitrogens with zero attached hydrogens (tertiary/aromatic N) is 1. The van der Waals surface area contributed by atoms with Gasteiger partial charge < -0.3 is 34.9 Å². The molecule has 11 nitrogen and oxygen atoms in total. The van der Waals surface area contributed by atoms with Crippen molar-refractivity contribution in [3.63, 3.8) is 0 Å². The van der Waals surface area contributed by atoms with Crippen LogP contribution in [0, 0.1) is 11.3 Å². The van der Waals surface area contributed by atoms with Crippen LogP contribution in [0.5, 0.6) is 17.2 Å². The third kappa shape index (κ3) is 8.75. The topological polar surface area (TPSA) is 148 Å². The number of nitrogens with one attached hydrogen (secondary N) is 3. The maximum Gasteiger partial charge on any atom is 0.419 e. The van der Waals surface area contributed by atoms with Gasteiger partial charge in [-0.15, -0.1) is 0 Å². The summed E-state index contributed by atoms with van der Waals surface area (Å²) in [6, 6.07) is 29.2. The molecular weight excluding hydrogens is 753 g/mol. The van der Waals surface area contributed by atoms with Gasteiger partial charge in [0.2, 0.25) is 12.0 Å². The van der Waals surface area contributed by atoms with E-state index in [0.29, 0.717) is 40.4 Å². The molecule has 0 saturated carbocycles. The molecule has 58 heavy (non-hydrogen) atoms. The summed E-state index contributed by atoms with van der Waals surface area (Å²) in [5.41, 5.74) is 5.37. The van der Waals surface area contributed by atoms with Crippen molar-refractivity contribution in [2.45, 2.75) is 50.4 Å². The quantitative estimate of drug-likeness (QED) is 0.123. The third-order valence-electron chi connectivity index (χ3n) is 10.0. The molecule has 0 saturated heterocycles. The summed E-state index contributed by atoms with van der Waals surface area (Å²) in [5, 5.41) is 18.0. The van der Waals surface area contributed by atoms with E-state index < -0.39 is 41.8 Å². The number of nitriles is 1. The van der Waals surface area contributed by atoms with E-state index in [1.165, 1.54) is 26.4 Å². The molecule has 14 heteroatoms. The fraction of sp³-hybridized carbons (Fsp3) is 0.227. The van der Waals surface area contributed by atoms with Gasteiger partial charge in [-0.25, -0.2) is 4.79 Å². The maximum absolute atomic E-state index is 13.5. The molecule has 5 aromatic rings. The lowest BCUT2D eigenvalue weighted by molar-refractivity contribution is -0.145. The van der Waals surface area contributed by atoms with Crippen molar-refractivity contribution in [1.29, 1.82) is 5.26 Å². The highest BCUT2D eigenvalue weighted by Crippen LogP contribution is 2.39. The van der Waals surface area contributed by atoms with Gasteiger partial charge in [-0.05, 0) is 88.3 Å². The second-order valence-corrected chi connectivity index (χ2v) is 13.8. The molecule has 2 aliphatic heterocycles. The number of ether oxygens (including phenoxy) is 4. The Balaban J connectivity index is 0.963. The Labute approximate surface area is 331 Å². The molecule has 0 bridgehead atoms. The predicted molar refractivity (Wildman–Crippen MR) is 206 cm³/mol. The van der Waals surface area contributed by atoms with E-state index in [1.54, 1.807) is 42.5 Å². The van der Waals surface area contributed by atoms with Gasteiger partial charge in [-0.3, -0.25) is 9.59 Å². The van der Waals surface area contributed by atoms with E-state index in [9.17, 15) is 27.6 Å². The Morgan fingerprint density at radius 1 is 0.914 bits per heavy atom. The number of rotatable bonds is 11.